The van der Waals surface area contributed by atoms with Crippen molar-refractivity contribution in [2.45, 2.75) is 40.5 Å². The molecule has 0 aliphatic carbocycles. The molecule has 1 heteroatoms. The first-order chi connectivity index (χ1) is 5.45. The highest BCUT2D eigenvalue weighted by molar-refractivity contribution is 4.99. The fourth-order valence-corrected chi connectivity index (χ4v) is 0.905. The van der Waals surface area contributed by atoms with Gasteiger partial charge < -0.3 is 5.32 Å². The predicted octanol–water partition coefficient (Wildman–Crippen LogP) is 2.98. The Kier molecular flexibility index (Phi) is 5.23. The molecule has 0 aromatic carbocycles. The summed E-state index contributed by atoms with van der Waals surface area (Å²) in [6.07, 6.45) is 4.71. The Morgan fingerprint density at radius 2 is 1.92 bits per heavy atom. The normalized spacial score (nSPS) is 13.6. The Hall–Kier alpha value is -0.300. The first kappa shape index (κ1) is 11.7. The van der Waals surface area contributed by atoms with Crippen LogP contribution in [0.25, 0.3) is 0 Å². The van der Waals surface area contributed by atoms with Gasteiger partial charge in [-0.3, -0.25) is 0 Å². The van der Waals surface area contributed by atoms with Crippen LogP contribution in [0.4, 0.5) is 0 Å². The summed E-state index contributed by atoms with van der Waals surface area (Å²) < 4.78 is 0. The minimum atomic E-state index is 0.431. The molecule has 0 radical (unpaired) electrons. The van der Waals surface area contributed by atoms with E-state index < -0.39 is 0 Å². The summed E-state index contributed by atoms with van der Waals surface area (Å²) in [6, 6.07) is 0. The van der Waals surface area contributed by atoms with E-state index in [2.05, 4.69) is 39.1 Å². The van der Waals surface area contributed by atoms with Gasteiger partial charge in [0, 0.05) is 0 Å². The first-order valence-corrected chi connectivity index (χ1v) is 4.76. The van der Waals surface area contributed by atoms with Gasteiger partial charge in [-0.15, -0.1) is 0 Å². The highest BCUT2D eigenvalue weighted by Gasteiger charge is 2.06. The molecule has 0 aliphatic heterocycles. The number of allylic oxidation sites excluding steroid dienone is 1. The SMILES string of the molecule is CNCC/C(C)=C/CC(C)(C)C. The average Bonchev–Trinajstić information content (AvgIpc) is 1.95. The second kappa shape index (κ2) is 5.36. The van der Waals surface area contributed by atoms with Crippen LogP contribution in [-0.2, 0) is 0 Å². The monoisotopic (exact) mass is 169 g/mol. The van der Waals surface area contributed by atoms with Crippen molar-refractivity contribution >= 4 is 0 Å². The third kappa shape index (κ3) is 7.80. The molecular weight excluding hydrogens is 146 g/mol. The molecule has 0 saturated heterocycles. The molecule has 0 rings (SSSR count). The predicted molar refractivity (Wildman–Crippen MR) is 56.4 cm³/mol. The largest absolute Gasteiger partial charge is 0.319 e. The quantitative estimate of drug-likeness (QED) is 0.638. The van der Waals surface area contributed by atoms with Gasteiger partial charge >= 0.3 is 0 Å². The van der Waals surface area contributed by atoms with E-state index in [1.165, 1.54) is 18.4 Å². The van der Waals surface area contributed by atoms with E-state index in [-0.39, 0.29) is 0 Å². The zero-order valence-electron chi connectivity index (χ0n) is 9.20. The van der Waals surface area contributed by atoms with Crippen LogP contribution in [0, 0.1) is 5.41 Å². The summed E-state index contributed by atoms with van der Waals surface area (Å²) in [5.74, 6) is 0. The maximum absolute atomic E-state index is 3.15. The zero-order chi connectivity index (χ0) is 9.61. The Labute approximate surface area is 77.2 Å². The molecule has 0 atom stereocenters. The molecule has 72 valence electrons. The topological polar surface area (TPSA) is 12.0 Å². The minimum absolute atomic E-state index is 0.431. The third-order valence-corrected chi connectivity index (χ3v) is 1.83. The average molecular weight is 169 g/mol. The lowest BCUT2D eigenvalue weighted by Gasteiger charge is -2.15. The van der Waals surface area contributed by atoms with Crippen molar-refractivity contribution in [1.82, 2.24) is 5.32 Å². The molecule has 0 fully saturated rings. The summed E-state index contributed by atoms with van der Waals surface area (Å²) in [4.78, 5) is 0. The minimum Gasteiger partial charge on any atom is -0.319 e. The highest BCUT2D eigenvalue weighted by atomic mass is 14.8. The number of nitrogens with one attached hydrogen (secondary N) is 1. The lowest BCUT2D eigenvalue weighted by atomic mass is 9.91. The van der Waals surface area contributed by atoms with Crippen molar-refractivity contribution in [1.29, 1.82) is 0 Å². The van der Waals surface area contributed by atoms with E-state index in [0.29, 0.717) is 5.41 Å². The van der Waals surface area contributed by atoms with Crippen molar-refractivity contribution in [3.05, 3.63) is 11.6 Å². The summed E-state index contributed by atoms with van der Waals surface area (Å²) >= 11 is 0. The van der Waals surface area contributed by atoms with Crippen LogP contribution in [0.5, 0.6) is 0 Å². The number of rotatable bonds is 4. The van der Waals surface area contributed by atoms with Crippen LogP contribution >= 0.6 is 0 Å². The van der Waals surface area contributed by atoms with Crippen LogP contribution in [0.2, 0.25) is 0 Å². The second-order valence-corrected chi connectivity index (χ2v) is 4.67. The molecule has 0 aromatic heterocycles. The fourth-order valence-electron chi connectivity index (χ4n) is 0.905. The van der Waals surface area contributed by atoms with Crippen LogP contribution in [0.3, 0.4) is 0 Å². The van der Waals surface area contributed by atoms with Crippen LogP contribution < -0.4 is 5.32 Å². The lowest BCUT2D eigenvalue weighted by molar-refractivity contribution is 0.419. The van der Waals surface area contributed by atoms with Gasteiger partial charge in [-0.25, -0.2) is 0 Å². The highest BCUT2D eigenvalue weighted by Crippen LogP contribution is 2.20. The fraction of sp³-hybridized carbons (Fsp3) is 0.818. The summed E-state index contributed by atoms with van der Waals surface area (Å²) in [5.41, 5.74) is 1.93. The smallest absolute Gasteiger partial charge is 0.00147 e. The number of hydrogen-bond donors (Lipinski definition) is 1. The Balaban J connectivity index is 3.69. The van der Waals surface area contributed by atoms with Gasteiger partial charge in [-0.1, -0.05) is 32.4 Å². The molecule has 0 spiro atoms. The van der Waals surface area contributed by atoms with Crippen molar-refractivity contribution in [2.24, 2.45) is 5.41 Å². The maximum atomic E-state index is 3.15. The van der Waals surface area contributed by atoms with E-state index in [0.717, 1.165) is 6.54 Å². The molecule has 1 N–H and O–H groups in total. The van der Waals surface area contributed by atoms with E-state index >= 15 is 0 Å². The van der Waals surface area contributed by atoms with Gasteiger partial charge in [0.05, 0.1) is 0 Å². The zero-order valence-corrected chi connectivity index (χ0v) is 9.20. The van der Waals surface area contributed by atoms with Crippen molar-refractivity contribution in [2.75, 3.05) is 13.6 Å². The number of hydrogen-bond acceptors (Lipinski definition) is 1. The molecule has 1 nitrogen and oxygen atoms in total. The Bertz CT molecular complexity index is 140. The maximum Gasteiger partial charge on any atom is -0.00147 e. The van der Waals surface area contributed by atoms with E-state index in [4.69, 9.17) is 0 Å². The molecule has 0 amide bonds. The third-order valence-electron chi connectivity index (χ3n) is 1.83. The Morgan fingerprint density at radius 3 is 2.33 bits per heavy atom. The van der Waals surface area contributed by atoms with E-state index in [1.807, 2.05) is 7.05 Å². The lowest BCUT2D eigenvalue weighted by Crippen LogP contribution is -2.08. The van der Waals surface area contributed by atoms with Crippen molar-refractivity contribution in [3.63, 3.8) is 0 Å². The van der Waals surface area contributed by atoms with Gasteiger partial charge in [0.15, 0.2) is 0 Å². The molecule has 0 aromatic rings. The second-order valence-electron chi connectivity index (χ2n) is 4.67. The standard InChI is InChI=1S/C11H23N/c1-10(7-9-12-5)6-8-11(2,3)4/h6,12H,7-9H2,1-5H3/b10-6+. The van der Waals surface area contributed by atoms with Gasteiger partial charge in [0.1, 0.15) is 0 Å². The summed E-state index contributed by atoms with van der Waals surface area (Å²) in [5, 5.41) is 3.15. The summed E-state index contributed by atoms with van der Waals surface area (Å²) in [6.45, 7) is 10.1. The van der Waals surface area contributed by atoms with E-state index in [9.17, 15) is 0 Å². The van der Waals surface area contributed by atoms with Crippen LogP contribution in [-0.4, -0.2) is 13.6 Å². The van der Waals surface area contributed by atoms with Crippen LogP contribution in [0.15, 0.2) is 11.6 Å². The van der Waals surface area contributed by atoms with Crippen LogP contribution in [0.1, 0.15) is 40.5 Å². The van der Waals surface area contributed by atoms with Gasteiger partial charge in [-0.2, -0.15) is 0 Å². The molecule has 0 aliphatic rings. The summed E-state index contributed by atoms with van der Waals surface area (Å²) in [7, 11) is 2.00. The molecule has 0 bridgehead atoms. The van der Waals surface area contributed by atoms with Gasteiger partial charge in [0.2, 0.25) is 0 Å². The molecular formula is C11H23N. The molecule has 0 saturated carbocycles. The van der Waals surface area contributed by atoms with Gasteiger partial charge in [-0.05, 0) is 38.8 Å². The van der Waals surface area contributed by atoms with Crippen molar-refractivity contribution in [3.8, 4) is 0 Å². The van der Waals surface area contributed by atoms with E-state index in [1.54, 1.807) is 0 Å². The molecule has 12 heavy (non-hydrogen) atoms. The molecule has 0 heterocycles. The first-order valence-electron chi connectivity index (χ1n) is 4.76. The Morgan fingerprint density at radius 1 is 1.33 bits per heavy atom. The van der Waals surface area contributed by atoms with Crippen molar-refractivity contribution < 1.29 is 0 Å². The van der Waals surface area contributed by atoms with Gasteiger partial charge in [0.25, 0.3) is 0 Å². The molecule has 0 unspecified atom stereocenters.